The largest absolute Gasteiger partial charge is 0.449 e. The Kier molecular flexibility index (Phi) is 7.31. The van der Waals surface area contributed by atoms with Crippen LogP contribution in [0.5, 0.6) is 0 Å². The van der Waals surface area contributed by atoms with Gasteiger partial charge in [0.1, 0.15) is 0 Å². The molecule has 2 rings (SSSR count). The van der Waals surface area contributed by atoms with Crippen molar-refractivity contribution in [2.24, 2.45) is 0 Å². The molecule has 0 saturated carbocycles. The van der Waals surface area contributed by atoms with Gasteiger partial charge in [0.05, 0.1) is 10.5 Å². The highest BCUT2D eigenvalue weighted by Gasteiger charge is 2.19. The maximum atomic E-state index is 12.2. The summed E-state index contributed by atoms with van der Waals surface area (Å²) in [6, 6.07) is 13.1. The Morgan fingerprint density at radius 2 is 1.64 bits per heavy atom. The van der Waals surface area contributed by atoms with Crippen molar-refractivity contribution in [3.8, 4) is 0 Å². The van der Waals surface area contributed by atoms with E-state index < -0.39 is 28.0 Å². The van der Waals surface area contributed by atoms with Gasteiger partial charge in [-0.1, -0.05) is 36.8 Å². The van der Waals surface area contributed by atoms with Crippen LogP contribution in [0, 0.1) is 6.92 Å². The lowest BCUT2D eigenvalue weighted by Crippen LogP contribution is -2.35. The maximum absolute atomic E-state index is 12.2. The summed E-state index contributed by atoms with van der Waals surface area (Å²) < 4.78 is 31.3. The van der Waals surface area contributed by atoms with Crippen molar-refractivity contribution in [3.63, 3.8) is 0 Å². The lowest BCUT2D eigenvalue weighted by Gasteiger charge is -2.14. The first-order valence-corrected chi connectivity index (χ1v) is 10.3. The van der Waals surface area contributed by atoms with Gasteiger partial charge in [-0.25, -0.2) is 17.9 Å². The summed E-state index contributed by atoms with van der Waals surface area (Å²) in [6.07, 6.45) is -0.983. The van der Waals surface area contributed by atoms with Gasteiger partial charge in [-0.3, -0.25) is 4.79 Å². The third-order valence-electron chi connectivity index (χ3n) is 3.98. The Balaban J connectivity index is 1.92. The second-order valence-corrected chi connectivity index (χ2v) is 8.04. The van der Waals surface area contributed by atoms with Crippen molar-refractivity contribution < 1.29 is 22.7 Å². The lowest BCUT2D eigenvalue weighted by molar-refractivity contribution is -0.129. The zero-order valence-electron chi connectivity index (χ0n) is 16.1. The van der Waals surface area contributed by atoms with Crippen LogP contribution in [0.2, 0.25) is 0 Å². The molecule has 150 valence electrons. The number of ether oxygens (including phenoxy) is 1. The first-order valence-electron chi connectivity index (χ1n) is 8.87. The number of amides is 1. The Bertz CT molecular complexity index is 922. The zero-order chi connectivity index (χ0) is 20.7. The topological polar surface area (TPSA) is 102 Å². The van der Waals surface area contributed by atoms with Crippen molar-refractivity contribution >= 4 is 21.9 Å². The van der Waals surface area contributed by atoms with E-state index in [4.69, 9.17) is 4.74 Å². The van der Waals surface area contributed by atoms with Gasteiger partial charge in [0, 0.05) is 13.1 Å². The summed E-state index contributed by atoms with van der Waals surface area (Å²) in [7, 11) is -3.59. The SMILES string of the molecule is CCNS(=O)(=O)c1ccc(C(=O)O[C@@H](C)C(=O)NCc2ccc(C)cc2)cc1. The van der Waals surface area contributed by atoms with E-state index in [1.54, 1.807) is 6.92 Å². The molecule has 2 aromatic rings. The Hall–Kier alpha value is -2.71. The first-order chi connectivity index (χ1) is 13.2. The van der Waals surface area contributed by atoms with E-state index in [9.17, 15) is 18.0 Å². The van der Waals surface area contributed by atoms with Crippen LogP contribution < -0.4 is 10.0 Å². The van der Waals surface area contributed by atoms with Crippen LogP contribution in [0.25, 0.3) is 0 Å². The van der Waals surface area contributed by atoms with Gasteiger partial charge >= 0.3 is 5.97 Å². The third kappa shape index (κ3) is 5.90. The van der Waals surface area contributed by atoms with E-state index in [-0.39, 0.29) is 17.0 Å². The molecule has 0 spiro atoms. The molecule has 8 heteroatoms. The van der Waals surface area contributed by atoms with Gasteiger partial charge < -0.3 is 10.1 Å². The summed E-state index contributed by atoms with van der Waals surface area (Å²) in [4.78, 5) is 24.4. The number of esters is 1. The summed E-state index contributed by atoms with van der Waals surface area (Å²) in [6.45, 7) is 5.73. The molecule has 0 saturated heterocycles. The number of rotatable bonds is 8. The molecule has 0 aliphatic carbocycles. The highest BCUT2D eigenvalue weighted by Crippen LogP contribution is 2.12. The number of benzene rings is 2. The average molecular weight is 404 g/mol. The highest BCUT2D eigenvalue weighted by molar-refractivity contribution is 7.89. The summed E-state index contributed by atoms with van der Waals surface area (Å²) in [5, 5.41) is 2.71. The molecule has 2 aromatic carbocycles. The molecule has 0 aliphatic rings. The third-order valence-corrected chi connectivity index (χ3v) is 5.54. The van der Waals surface area contributed by atoms with E-state index in [1.807, 2.05) is 31.2 Å². The van der Waals surface area contributed by atoms with Crippen LogP contribution in [0.3, 0.4) is 0 Å². The molecule has 0 heterocycles. The minimum atomic E-state index is -3.59. The zero-order valence-corrected chi connectivity index (χ0v) is 16.9. The molecule has 0 unspecified atom stereocenters. The minimum absolute atomic E-state index is 0.0507. The normalized spacial score (nSPS) is 12.2. The second-order valence-electron chi connectivity index (χ2n) is 6.28. The standard InChI is InChI=1S/C20H24N2O5S/c1-4-22-28(25,26)18-11-9-17(10-12-18)20(24)27-15(3)19(23)21-13-16-7-5-14(2)6-8-16/h5-12,15,22H,4,13H2,1-3H3,(H,21,23)/t15-/m0/s1. The number of hydrogen-bond donors (Lipinski definition) is 2. The van der Waals surface area contributed by atoms with Crippen LogP contribution in [-0.2, 0) is 26.1 Å². The quantitative estimate of drug-likeness (QED) is 0.657. The molecule has 0 aliphatic heterocycles. The molecule has 28 heavy (non-hydrogen) atoms. The molecule has 0 fully saturated rings. The van der Waals surface area contributed by atoms with Crippen LogP contribution in [0.15, 0.2) is 53.4 Å². The van der Waals surface area contributed by atoms with Gasteiger partial charge in [0.15, 0.2) is 6.10 Å². The van der Waals surface area contributed by atoms with Crippen molar-refractivity contribution in [1.82, 2.24) is 10.0 Å². The first kappa shape index (κ1) is 21.6. The highest BCUT2D eigenvalue weighted by atomic mass is 32.2. The van der Waals surface area contributed by atoms with Crippen molar-refractivity contribution in [2.45, 2.75) is 38.3 Å². The number of carbonyl (C=O) groups excluding carboxylic acids is 2. The molecule has 1 atom stereocenters. The Morgan fingerprint density at radius 1 is 1.04 bits per heavy atom. The van der Waals surface area contributed by atoms with Gasteiger partial charge in [-0.05, 0) is 43.7 Å². The number of aryl methyl sites for hydroxylation is 1. The second kappa shape index (κ2) is 9.48. The van der Waals surface area contributed by atoms with Crippen molar-refractivity contribution in [2.75, 3.05) is 6.54 Å². The molecule has 7 nitrogen and oxygen atoms in total. The van der Waals surface area contributed by atoms with Crippen LogP contribution >= 0.6 is 0 Å². The maximum Gasteiger partial charge on any atom is 0.338 e. The minimum Gasteiger partial charge on any atom is -0.449 e. The van der Waals surface area contributed by atoms with E-state index in [1.165, 1.54) is 31.2 Å². The number of hydrogen-bond acceptors (Lipinski definition) is 5. The summed E-state index contributed by atoms with van der Waals surface area (Å²) in [5.74, 6) is -1.12. The lowest BCUT2D eigenvalue weighted by atomic mass is 10.1. The van der Waals surface area contributed by atoms with Gasteiger partial charge in [-0.2, -0.15) is 0 Å². The molecule has 2 N–H and O–H groups in total. The molecule has 0 bridgehead atoms. The number of carbonyl (C=O) groups is 2. The Labute approximate surface area is 165 Å². The van der Waals surface area contributed by atoms with E-state index in [2.05, 4.69) is 10.0 Å². The number of sulfonamides is 1. The van der Waals surface area contributed by atoms with Gasteiger partial charge in [-0.15, -0.1) is 0 Å². The molecule has 0 radical (unpaired) electrons. The predicted octanol–water partition coefficient (Wildman–Crippen LogP) is 2.15. The van der Waals surface area contributed by atoms with E-state index >= 15 is 0 Å². The van der Waals surface area contributed by atoms with Crippen molar-refractivity contribution in [1.29, 1.82) is 0 Å². The summed E-state index contributed by atoms with van der Waals surface area (Å²) >= 11 is 0. The van der Waals surface area contributed by atoms with Gasteiger partial charge in [0.2, 0.25) is 10.0 Å². The van der Waals surface area contributed by atoms with Crippen LogP contribution in [0.1, 0.15) is 35.3 Å². The number of nitrogens with one attached hydrogen (secondary N) is 2. The van der Waals surface area contributed by atoms with Crippen LogP contribution in [-0.4, -0.2) is 32.9 Å². The van der Waals surface area contributed by atoms with Crippen LogP contribution in [0.4, 0.5) is 0 Å². The van der Waals surface area contributed by atoms with E-state index in [0.717, 1.165) is 11.1 Å². The Morgan fingerprint density at radius 3 is 2.21 bits per heavy atom. The van der Waals surface area contributed by atoms with Crippen molar-refractivity contribution in [3.05, 3.63) is 65.2 Å². The molecule has 1 amide bonds. The fourth-order valence-electron chi connectivity index (χ4n) is 2.36. The predicted molar refractivity (Wildman–Crippen MR) is 105 cm³/mol. The average Bonchev–Trinajstić information content (AvgIpc) is 2.67. The molecule has 0 aromatic heterocycles. The van der Waals surface area contributed by atoms with Gasteiger partial charge in [0.25, 0.3) is 5.91 Å². The smallest absolute Gasteiger partial charge is 0.338 e. The fraction of sp³-hybridized carbons (Fsp3) is 0.300. The fourth-order valence-corrected chi connectivity index (χ4v) is 3.41. The monoisotopic (exact) mass is 404 g/mol. The summed E-state index contributed by atoms with van der Waals surface area (Å²) in [5.41, 5.74) is 2.23. The molecular weight excluding hydrogens is 380 g/mol. The molecular formula is C20H24N2O5S. The van der Waals surface area contributed by atoms with E-state index in [0.29, 0.717) is 6.54 Å².